The normalized spacial score (nSPS) is 13.4. The van der Waals surface area contributed by atoms with Crippen molar-refractivity contribution < 1.29 is 9.90 Å². The zero-order chi connectivity index (χ0) is 20.5. The minimum Gasteiger partial charge on any atom is -0.506 e. The van der Waals surface area contributed by atoms with Gasteiger partial charge in [-0.2, -0.15) is 0 Å². The molecule has 152 valence electrons. The number of carbonyl (C=O) groups is 1. The Morgan fingerprint density at radius 1 is 1.38 bits per heavy atom. The molecule has 2 heterocycles. The first-order valence-electron chi connectivity index (χ1n) is 9.44. The maximum Gasteiger partial charge on any atom is 0.263 e. The number of halogens is 1. The van der Waals surface area contributed by atoms with Gasteiger partial charge >= 0.3 is 0 Å². The number of anilines is 1. The number of nitrogens with one attached hydrogen (secondary N) is 1. The Kier molecular flexibility index (Phi) is 5.85. The van der Waals surface area contributed by atoms with Crippen molar-refractivity contribution in [2.75, 3.05) is 11.1 Å². The number of phenolic OH excluding ortho intramolecular Hbond substituents is 1. The number of amides is 1. The highest BCUT2D eigenvalue weighted by Crippen LogP contribution is 2.34. The van der Waals surface area contributed by atoms with E-state index in [1.54, 1.807) is 22.0 Å². The van der Waals surface area contributed by atoms with Crippen LogP contribution in [0.4, 0.5) is 5.69 Å². The van der Waals surface area contributed by atoms with Gasteiger partial charge in [-0.05, 0) is 56.4 Å². The first-order chi connectivity index (χ1) is 14.0. The third-order valence-electron chi connectivity index (χ3n) is 4.92. The van der Waals surface area contributed by atoms with E-state index < -0.39 is 0 Å². The second-order valence-electron chi connectivity index (χ2n) is 6.83. The first-order valence-corrected chi connectivity index (χ1v) is 11.6. The van der Waals surface area contributed by atoms with E-state index in [2.05, 4.69) is 5.32 Å². The Hall–Kier alpha value is -2.03. The van der Waals surface area contributed by atoms with Crippen molar-refractivity contribution in [2.45, 2.75) is 44.3 Å². The van der Waals surface area contributed by atoms with E-state index in [1.807, 2.05) is 6.92 Å². The van der Waals surface area contributed by atoms with Crippen LogP contribution in [0.1, 0.15) is 30.2 Å². The fourth-order valence-electron chi connectivity index (χ4n) is 3.53. The lowest BCUT2D eigenvalue weighted by molar-refractivity contribution is -0.113. The first kappa shape index (κ1) is 20.3. The summed E-state index contributed by atoms with van der Waals surface area (Å²) in [7, 11) is 0. The molecule has 2 N–H and O–H groups in total. The maximum atomic E-state index is 13.1. The zero-order valence-corrected chi connectivity index (χ0v) is 18.2. The average Bonchev–Trinajstić information content (AvgIpc) is 3.08. The van der Waals surface area contributed by atoms with Gasteiger partial charge in [0, 0.05) is 16.4 Å². The van der Waals surface area contributed by atoms with Gasteiger partial charge in [0.15, 0.2) is 5.16 Å². The summed E-state index contributed by atoms with van der Waals surface area (Å²) in [6.07, 6.45) is 4.21. The van der Waals surface area contributed by atoms with Crippen LogP contribution < -0.4 is 10.9 Å². The number of nitrogens with zero attached hydrogens (tertiary/aromatic N) is 2. The highest BCUT2D eigenvalue weighted by Gasteiger charge is 2.22. The number of thioether (sulfide) groups is 1. The highest BCUT2D eigenvalue weighted by atomic mass is 35.5. The summed E-state index contributed by atoms with van der Waals surface area (Å²) < 4.78 is 1.64. The number of phenols is 1. The predicted molar refractivity (Wildman–Crippen MR) is 119 cm³/mol. The number of thiophene rings is 1. The minimum atomic E-state index is -0.310. The molecule has 0 saturated carbocycles. The maximum absolute atomic E-state index is 13.1. The molecule has 0 atom stereocenters. The Balaban J connectivity index is 1.58. The molecule has 1 aliphatic rings. The topological polar surface area (TPSA) is 84.2 Å². The van der Waals surface area contributed by atoms with Crippen LogP contribution in [0.15, 0.2) is 28.2 Å². The number of aromatic nitrogens is 2. The van der Waals surface area contributed by atoms with Gasteiger partial charge in [0.05, 0.1) is 16.8 Å². The Morgan fingerprint density at radius 2 is 2.17 bits per heavy atom. The van der Waals surface area contributed by atoms with Crippen LogP contribution in [0.2, 0.25) is 5.02 Å². The van der Waals surface area contributed by atoms with Crippen LogP contribution in [0, 0.1) is 0 Å². The smallest absolute Gasteiger partial charge is 0.263 e. The van der Waals surface area contributed by atoms with Crippen molar-refractivity contribution in [3.05, 3.63) is 44.0 Å². The van der Waals surface area contributed by atoms with E-state index in [9.17, 15) is 14.7 Å². The molecule has 1 amide bonds. The fraction of sp³-hybridized carbons (Fsp3) is 0.350. The highest BCUT2D eigenvalue weighted by molar-refractivity contribution is 7.99. The van der Waals surface area contributed by atoms with Crippen LogP contribution in [0.5, 0.6) is 5.75 Å². The monoisotopic (exact) mass is 449 g/mol. The Morgan fingerprint density at radius 3 is 2.97 bits per heavy atom. The number of aromatic hydroxyl groups is 1. The van der Waals surface area contributed by atoms with E-state index in [4.69, 9.17) is 16.6 Å². The summed E-state index contributed by atoms with van der Waals surface area (Å²) in [5.74, 6) is -0.299. The zero-order valence-electron chi connectivity index (χ0n) is 15.8. The van der Waals surface area contributed by atoms with Gasteiger partial charge in [-0.3, -0.25) is 14.2 Å². The number of hydrogen-bond donors (Lipinski definition) is 2. The van der Waals surface area contributed by atoms with Crippen molar-refractivity contribution in [3.8, 4) is 5.75 Å². The number of carbonyl (C=O) groups excluding carboxylic acids is 1. The SMILES string of the molecule is CCn1c(SCC(=O)Nc2cc(Cl)ccc2O)nc2sc3c(c2c1=O)CCCC3. The number of benzene rings is 1. The molecule has 0 saturated heterocycles. The van der Waals surface area contributed by atoms with Gasteiger partial charge in [0.25, 0.3) is 5.56 Å². The molecule has 6 nitrogen and oxygen atoms in total. The standard InChI is InChI=1S/C20H20ClN3O3S2/c1-2-24-19(27)17-12-5-3-4-6-15(12)29-18(17)23-20(24)28-10-16(26)22-13-9-11(21)7-8-14(13)25/h7-9,25H,2-6,10H2,1H3,(H,22,26). The van der Waals surface area contributed by atoms with E-state index in [1.165, 1.54) is 34.3 Å². The molecule has 4 rings (SSSR count). The lowest BCUT2D eigenvalue weighted by Gasteiger charge is -2.12. The quantitative estimate of drug-likeness (QED) is 0.341. The van der Waals surface area contributed by atoms with E-state index >= 15 is 0 Å². The Bertz CT molecular complexity index is 1160. The Labute approximate surface area is 180 Å². The summed E-state index contributed by atoms with van der Waals surface area (Å²) in [6.45, 7) is 2.40. The van der Waals surface area contributed by atoms with Crippen molar-refractivity contribution in [3.63, 3.8) is 0 Å². The van der Waals surface area contributed by atoms with Crippen molar-refractivity contribution in [1.29, 1.82) is 0 Å². The number of hydrogen-bond acceptors (Lipinski definition) is 6. The molecular formula is C20H20ClN3O3S2. The molecule has 0 bridgehead atoms. The fourth-order valence-corrected chi connectivity index (χ4v) is 5.87. The number of fused-ring (bicyclic) bond motifs is 3. The minimum absolute atomic E-state index is 0.0210. The third kappa shape index (κ3) is 4.01. The number of rotatable bonds is 5. The molecule has 1 aromatic carbocycles. The van der Waals surface area contributed by atoms with E-state index in [0.717, 1.165) is 35.9 Å². The summed E-state index contributed by atoms with van der Waals surface area (Å²) in [5, 5.41) is 14.2. The lowest BCUT2D eigenvalue weighted by Crippen LogP contribution is -2.24. The van der Waals surface area contributed by atoms with Crippen LogP contribution in [-0.4, -0.2) is 26.3 Å². The van der Waals surface area contributed by atoms with Gasteiger partial charge in [0.2, 0.25) is 5.91 Å². The molecular weight excluding hydrogens is 430 g/mol. The molecule has 0 aliphatic heterocycles. The van der Waals surface area contributed by atoms with Crippen molar-refractivity contribution in [2.24, 2.45) is 0 Å². The molecule has 2 aromatic heterocycles. The van der Waals surface area contributed by atoms with E-state index in [0.29, 0.717) is 16.7 Å². The van der Waals surface area contributed by atoms with Crippen molar-refractivity contribution in [1.82, 2.24) is 9.55 Å². The van der Waals surface area contributed by atoms with Crippen LogP contribution >= 0.6 is 34.7 Å². The van der Waals surface area contributed by atoms with Crippen LogP contribution in [0.25, 0.3) is 10.2 Å². The van der Waals surface area contributed by atoms with Gasteiger partial charge in [-0.1, -0.05) is 23.4 Å². The molecule has 0 radical (unpaired) electrons. The lowest BCUT2D eigenvalue weighted by atomic mass is 9.97. The van der Waals surface area contributed by atoms with E-state index in [-0.39, 0.29) is 28.7 Å². The van der Waals surface area contributed by atoms with Gasteiger partial charge in [-0.15, -0.1) is 11.3 Å². The van der Waals surface area contributed by atoms with Crippen LogP contribution in [-0.2, 0) is 24.2 Å². The van der Waals surface area contributed by atoms with Crippen LogP contribution in [0.3, 0.4) is 0 Å². The summed E-state index contributed by atoms with van der Waals surface area (Å²) in [4.78, 5) is 32.2. The third-order valence-corrected chi connectivity index (χ3v) is 7.32. The molecule has 3 aromatic rings. The largest absolute Gasteiger partial charge is 0.506 e. The molecule has 1 aliphatic carbocycles. The molecule has 0 unspecified atom stereocenters. The summed E-state index contributed by atoms with van der Waals surface area (Å²) in [5.41, 5.74) is 1.40. The van der Waals surface area contributed by atoms with Gasteiger partial charge in [-0.25, -0.2) is 4.98 Å². The predicted octanol–water partition coefficient (Wildman–Crippen LogP) is 4.45. The van der Waals surface area contributed by atoms with Gasteiger partial charge in [0.1, 0.15) is 10.6 Å². The van der Waals surface area contributed by atoms with Gasteiger partial charge < -0.3 is 10.4 Å². The molecule has 0 spiro atoms. The summed E-state index contributed by atoms with van der Waals surface area (Å²) in [6, 6.07) is 4.46. The second-order valence-corrected chi connectivity index (χ2v) is 9.30. The molecule has 0 fully saturated rings. The number of aryl methyl sites for hydroxylation is 2. The molecule has 29 heavy (non-hydrogen) atoms. The molecule has 9 heteroatoms. The van der Waals surface area contributed by atoms with Crippen molar-refractivity contribution >= 4 is 56.5 Å². The summed E-state index contributed by atoms with van der Waals surface area (Å²) >= 11 is 8.73. The average molecular weight is 450 g/mol. The second kappa shape index (κ2) is 8.38.